The Balaban J connectivity index is 1.50. The van der Waals surface area contributed by atoms with E-state index in [1.807, 2.05) is 0 Å². The van der Waals surface area contributed by atoms with Crippen molar-refractivity contribution in [1.29, 1.82) is 0 Å². The van der Waals surface area contributed by atoms with E-state index in [2.05, 4.69) is 27.7 Å². The number of carboxylic acids is 2. The molecule has 0 heterocycles. The highest BCUT2D eigenvalue weighted by Gasteiger charge is 2.68. The zero-order valence-electron chi connectivity index (χ0n) is 20.0. The Morgan fingerprint density at radius 2 is 1.09 bits per heavy atom. The van der Waals surface area contributed by atoms with Crippen molar-refractivity contribution in [3.8, 4) is 0 Å². The lowest BCUT2D eigenvalue weighted by Gasteiger charge is -2.37. The molecule has 0 amide bonds. The fourth-order valence-corrected chi connectivity index (χ4v) is 8.54. The summed E-state index contributed by atoms with van der Waals surface area (Å²) < 4.78 is 0. The van der Waals surface area contributed by atoms with Gasteiger partial charge in [-0.2, -0.15) is 0 Å². The predicted octanol–water partition coefficient (Wildman–Crippen LogP) is 5.00. The van der Waals surface area contributed by atoms with Crippen LogP contribution in [-0.2, 0) is 9.59 Å². The van der Waals surface area contributed by atoms with E-state index in [4.69, 9.17) is 9.98 Å². The molecule has 32 heavy (non-hydrogen) atoms. The Labute approximate surface area is 191 Å². The van der Waals surface area contributed by atoms with Gasteiger partial charge in [-0.1, -0.05) is 40.5 Å². The SMILES string of the molecule is CC1(C)[C@@H]2CC[C@]1(C(=O)O)C(=N[C@@H]1CCCC[C@H]1N=C1C[C@H]3CC[C@@]1(C(=O)O)C3(C)C)C2. The molecule has 5 rings (SSSR count). The van der Waals surface area contributed by atoms with Crippen LogP contribution in [0.1, 0.15) is 91.9 Å². The van der Waals surface area contributed by atoms with E-state index in [0.717, 1.165) is 62.8 Å². The van der Waals surface area contributed by atoms with Crippen LogP contribution in [0.2, 0.25) is 0 Å². The first-order valence-corrected chi connectivity index (χ1v) is 12.6. The number of nitrogens with zero attached hydrogens (tertiary/aromatic N) is 2. The minimum absolute atomic E-state index is 0.0225. The molecule has 0 aromatic heterocycles. The molecule has 0 aliphatic heterocycles. The fourth-order valence-electron chi connectivity index (χ4n) is 8.54. The molecule has 6 nitrogen and oxygen atoms in total. The van der Waals surface area contributed by atoms with Crippen LogP contribution >= 0.6 is 0 Å². The van der Waals surface area contributed by atoms with Gasteiger partial charge in [-0.25, -0.2) is 0 Å². The summed E-state index contributed by atoms with van der Waals surface area (Å²) in [5.74, 6) is -0.682. The van der Waals surface area contributed by atoms with E-state index in [0.29, 0.717) is 24.7 Å². The summed E-state index contributed by atoms with van der Waals surface area (Å²) in [6, 6.07) is -0.0450. The third-order valence-electron chi connectivity index (χ3n) is 10.9. The second-order valence-corrected chi connectivity index (χ2v) is 12.3. The third kappa shape index (κ3) is 2.53. The van der Waals surface area contributed by atoms with Crippen molar-refractivity contribution < 1.29 is 19.8 Å². The largest absolute Gasteiger partial charge is 0.481 e. The molecule has 0 aromatic rings. The van der Waals surface area contributed by atoms with E-state index in [-0.39, 0.29) is 22.9 Å². The zero-order valence-corrected chi connectivity index (χ0v) is 20.0. The van der Waals surface area contributed by atoms with Crippen molar-refractivity contribution in [3.05, 3.63) is 0 Å². The summed E-state index contributed by atoms with van der Waals surface area (Å²) in [6.07, 6.45) is 8.85. The van der Waals surface area contributed by atoms with Gasteiger partial charge in [-0.15, -0.1) is 0 Å². The van der Waals surface area contributed by atoms with Crippen LogP contribution in [-0.4, -0.2) is 45.7 Å². The van der Waals surface area contributed by atoms with Gasteiger partial charge in [0.05, 0.1) is 12.1 Å². The van der Waals surface area contributed by atoms with Gasteiger partial charge < -0.3 is 10.2 Å². The lowest BCUT2D eigenvalue weighted by atomic mass is 9.68. The van der Waals surface area contributed by atoms with Crippen LogP contribution in [0.25, 0.3) is 0 Å². The molecule has 5 fully saturated rings. The monoisotopic (exact) mass is 442 g/mol. The average Bonchev–Trinajstić information content (AvgIpc) is 3.30. The van der Waals surface area contributed by atoms with Crippen LogP contribution < -0.4 is 0 Å². The summed E-state index contributed by atoms with van der Waals surface area (Å²) >= 11 is 0. The van der Waals surface area contributed by atoms with Gasteiger partial charge in [-0.05, 0) is 74.0 Å². The van der Waals surface area contributed by atoms with Crippen molar-refractivity contribution in [2.24, 2.45) is 43.5 Å². The Hall–Kier alpha value is -1.72. The van der Waals surface area contributed by atoms with Crippen molar-refractivity contribution in [2.45, 2.75) is 104 Å². The summed E-state index contributed by atoms with van der Waals surface area (Å²) in [5, 5.41) is 20.5. The highest BCUT2D eigenvalue weighted by Crippen LogP contribution is 2.65. The van der Waals surface area contributed by atoms with Gasteiger partial charge in [0.1, 0.15) is 10.8 Å². The summed E-state index contributed by atoms with van der Waals surface area (Å²) in [6.45, 7) is 8.42. The van der Waals surface area contributed by atoms with Crippen molar-refractivity contribution in [2.75, 3.05) is 0 Å². The first kappa shape index (κ1) is 22.1. The number of carbonyl (C=O) groups is 2. The third-order valence-corrected chi connectivity index (χ3v) is 10.9. The molecular formula is C26H38N2O4. The van der Waals surface area contributed by atoms with Crippen molar-refractivity contribution in [3.63, 3.8) is 0 Å². The molecule has 4 bridgehead atoms. The van der Waals surface area contributed by atoms with E-state index in [9.17, 15) is 19.8 Å². The van der Waals surface area contributed by atoms with Gasteiger partial charge in [0.15, 0.2) is 0 Å². The first-order chi connectivity index (χ1) is 15.0. The highest BCUT2D eigenvalue weighted by molar-refractivity contribution is 6.10. The summed E-state index contributed by atoms with van der Waals surface area (Å²) in [7, 11) is 0. The van der Waals surface area contributed by atoms with Crippen LogP contribution in [0.4, 0.5) is 0 Å². The van der Waals surface area contributed by atoms with E-state index < -0.39 is 22.8 Å². The molecule has 0 aromatic carbocycles. The van der Waals surface area contributed by atoms with Gasteiger partial charge in [0.25, 0.3) is 0 Å². The molecule has 2 N–H and O–H groups in total. The summed E-state index contributed by atoms with van der Waals surface area (Å²) in [5.41, 5.74) is -0.465. The van der Waals surface area contributed by atoms with E-state index in [1.165, 1.54) is 0 Å². The normalized spacial score (nSPS) is 46.2. The Bertz CT molecular complexity index is 845. The van der Waals surface area contributed by atoms with E-state index >= 15 is 0 Å². The molecule has 5 aliphatic rings. The molecule has 5 saturated carbocycles. The Morgan fingerprint density at radius 3 is 1.41 bits per heavy atom. The number of aliphatic imine (C=N–C) groups is 2. The molecule has 0 spiro atoms. The average molecular weight is 443 g/mol. The molecule has 6 heteroatoms. The van der Waals surface area contributed by atoms with Gasteiger partial charge in [0.2, 0.25) is 0 Å². The van der Waals surface area contributed by atoms with E-state index in [1.54, 1.807) is 0 Å². The highest BCUT2D eigenvalue weighted by atomic mass is 16.4. The second kappa shape index (κ2) is 6.89. The topological polar surface area (TPSA) is 99.3 Å². The van der Waals surface area contributed by atoms with Crippen LogP contribution in [0, 0.1) is 33.5 Å². The lowest BCUT2D eigenvalue weighted by molar-refractivity contribution is -0.149. The summed E-state index contributed by atoms with van der Waals surface area (Å²) in [4.78, 5) is 35.4. The molecule has 0 radical (unpaired) electrons. The maximum Gasteiger partial charge on any atom is 0.315 e. The maximum atomic E-state index is 12.5. The number of hydrogen-bond donors (Lipinski definition) is 2. The van der Waals surface area contributed by atoms with Crippen molar-refractivity contribution in [1.82, 2.24) is 0 Å². The molecular weight excluding hydrogens is 404 g/mol. The molecule has 176 valence electrons. The maximum absolute atomic E-state index is 12.5. The Morgan fingerprint density at radius 1 is 0.719 bits per heavy atom. The zero-order chi connectivity index (χ0) is 23.1. The van der Waals surface area contributed by atoms with Crippen molar-refractivity contribution >= 4 is 23.4 Å². The molecule has 0 saturated heterocycles. The smallest absolute Gasteiger partial charge is 0.315 e. The quantitative estimate of drug-likeness (QED) is 0.640. The van der Waals surface area contributed by atoms with Gasteiger partial charge in [0, 0.05) is 11.4 Å². The number of hydrogen-bond acceptors (Lipinski definition) is 4. The second-order valence-electron chi connectivity index (χ2n) is 12.3. The predicted molar refractivity (Wildman–Crippen MR) is 123 cm³/mol. The number of carboxylic acid groups (broad SMARTS) is 2. The Kier molecular flexibility index (Phi) is 4.76. The molecule has 5 aliphatic carbocycles. The van der Waals surface area contributed by atoms with Gasteiger partial charge in [-0.3, -0.25) is 19.6 Å². The lowest BCUT2D eigenvalue weighted by Crippen LogP contribution is -2.45. The standard InChI is InChI=1S/C26H38N2O4/c1-23(2)15-9-11-25(23,21(29)30)19(13-15)27-17-7-5-6-8-18(17)28-20-14-16-10-12-26(20,22(31)32)24(16,3)4/h15-18H,5-14H2,1-4H3,(H,29,30)(H,31,32)/t15-,16-,17-,18-,25-,26-/m1/s1. The van der Waals surface area contributed by atoms with Crippen LogP contribution in [0.15, 0.2) is 9.98 Å². The molecule has 0 unspecified atom stereocenters. The first-order valence-electron chi connectivity index (χ1n) is 12.6. The minimum atomic E-state index is -0.844. The van der Waals surface area contributed by atoms with Crippen LogP contribution in [0.3, 0.4) is 0 Å². The molecule has 6 atom stereocenters. The number of rotatable bonds is 4. The number of aliphatic carboxylic acids is 2. The minimum Gasteiger partial charge on any atom is -0.481 e. The fraction of sp³-hybridized carbons (Fsp3) is 0.846. The van der Waals surface area contributed by atoms with Gasteiger partial charge >= 0.3 is 11.9 Å². The number of fused-ring (bicyclic) bond motifs is 4. The van der Waals surface area contributed by atoms with Crippen LogP contribution in [0.5, 0.6) is 0 Å².